The highest BCUT2D eigenvalue weighted by molar-refractivity contribution is 8.14. The van der Waals surface area contributed by atoms with E-state index in [1.165, 1.54) is 0 Å². The molecule has 1 atom stereocenters. The second kappa shape index (κ2) is 7.43. The van der Waals surface area contributed by atoms with Crippen molar-refractivity contribution in [3.05, 3.63) is 0 Å². The zero-order valence-corrected chi connectivity index (χ0v) is 15.2. The van der Waals surface area contributed by atoms with Crippen LogP contribution in [-0.4, -0.2) is 27.7 Å². The summed E-state index contributed by atoms with van der Waals surface area (Å²) < 4.78 is 5.09. The molecule has 0 aliphatic rings. The van der Waals surface area contributed by atoms with Crippen LogP contribution in [0.25, 0.3) is 0 Å². The lowest BCUT2D eigenvalue weighted by atomic mass is 9.96. The van der Waals surface area contributed by atoms with E-state index in [0.29, 0.717) is 0 Å². The van der Waals surface area contributed by atoms with E-state index in [-0.39, 0.29) is 28.0 Å². The van der Waals surface area contributed by atoms with E-state index in [1.807, 2.05) is 20.8 Å². The molecule has 0 aromatic carbocycles. The highest BCUT2D eigenvalue weighted by atomic mass is 32.2. The quantitative estimate of drug-likeness (QED) is 0.572. The summed E-state index contributed by atoms with van der Waals surface area (Å²) in [7, 11) is 0. The van der Waals surface area contributed by atoms with Gasteiger partial charge >= 0.3 is 5.97 Å². The minimum atomic E-state index is -0.860. The Hall–Kier alpha value is -0.840. The molecule has 0 heterocycles. The molecule has 0 aliphatic carbocycles. The number of ether oxygens (including phenoxy) is 1. The molecule has 0 amide bonds. The molecule has 0 spiro atoms. The van der Waals surface area contributed by atoms with Crippen LogP contribution in [0.5, 0.6) is 0 Å². The van der Waals surface area contributed by atoms with Crippen molar-refractivity contribution >= 4 is 28.6 Å². The summed E-state index contributed by atoms with van der Waals surface area (Å²) >= 11 is 1.14. The molecule has 0 saturated carbocycles. The Labute approximate surface area is 132 Å². The minimum Gasteiger partial charge on any atom is -0.454 e. The van der Waals surface area contributed by atoms with Gasteiger partial charge in [-0.1, -0.05) is 46.4 Å². The summed E-state index contributed by atoms with van der Waals surface area (Å²) in [5.41, 5.74) is -0.669. The van der Waals surface area contributed by atoms with E-state index < -0.39 is 17.5 Å². The van der Waals surface area contributed by atoms with Gasteiger partial charge < -0.3 is 4.74 Å². The maximum absolute atomic E-state index is 12.2. The predicted octanol–water partition coefficient (Wildman–Crippen LogP) is 3.62. The summed E-state index contributed by atoms with van der Waals surface area (Å²) in [5.74, 6) is -0.911. The van der Waals surface area contributed by atoms with Gasteiger partial charge in [-0.2, -0.15) is 0 Å². The molecule has 0 radical (unpaired) electrons. The Morgan fingerprint density at radius 1 is 1.00 bits per heavy atom. The number of carbonyl (C=O) groups excluding carboxylic acids is 3. The first-order chi connectivity index (χ1) is 9.24. The first-order valence-electron chi connectivity index (χ1n) is 7.19. The summed E-state index contributed by atoms with van der Waals surface area (Å²) in [6.45, 7) is 14.6. The number of Topliss-reactive ketones (excluding diaryl/α,β-unsaturated/α-hetero) is 1. The number of hydrogen-bond donors (Lipinski definition) is 0. The maximum atomic E-state index is 12.2. The molecule has 0 aliphatic heterocycles. The molecule has 0 bridgehead atoms. The van der Waals surface area contributed by atoms with Crippen molar-refractivity contribution in [1.29, 1.82) is 0 Å². The largest absolute Gasteiger partial charge is 0.454 e. The Kier molecular flexibility index (Phi) is 7.13. The summed E-state index contributed by atoms with van der Waals surface area (Å²) in [6.07, 6.45) is -1.07. The monoisotopic (exact) mass is 316 g/mol. The van der Waals surface area contributed by atoms with Gasteiger partial charge in [0.2, 0.25) is 0 Å². The lowest BCUT2D eigenvalue weighted by Gasteiger charge is -2.25. The summed E-state index contributed by atoms with van der Waals surface area (Å²) in [4.78, 5) is 36.0. The SMILES string of the molecule is CC(C)[C@H](OC(=O)C(C)(C)C)C(=O)CC(=O)SC(C)(C)C. The second-order valence-corrected chi connectivity index (χ2v) is 9.43. The molecule has 0 unspecified atom stereocenters. The van der Waals surface area contributed by atoms with Crippen LogP contribution in [0.2, 0.25) is 0 Å². The van der Waals surface area contributed by atoms with E-state index in [2.05, 4.69) is 0 Å². The van der Waals surface area contributed by atoms with E-state index >= 15 is 0 Å². The predicted molar refractivity (Wildman–Crippen MR) is 86.1 cm³/mol. The van der Waals surface area contributed by atoms with Crippen LogP contribution in [0.15, 0.2) is 0 Å². The third kappa shape index (κ3) is 8.24. The number of ketones is 1. The van der Waals surface area contributed by atoms with Crippen molar-refractivity contribution in [2.75, 3.05) is 0 Å². The van der Waals surface area contributed by atoms with Gasteiger partial charge in [0.25, 0.3) is 0 Å². The van der Waals surface area contributed by atoms with Crippen LogP contribution in [0.3, 0.4) is 0 Å². The molecule has 5 heteroatoms. The third-order valence-electron chi connectivity index (χ3n) is 2.51. The van der Waals surface area contributed by atoms with Crippen LogP contribution in [0, 0.1) is 11.3 Å². The van der Waals surface area contributed by atoms with Crippen molar-refractivity contribution in [3.8, 4) is 0 Å². The molecule has 0 aromatic rings. The average Bonchev–Trinajstić information content (AvgIpc) is 2.19. The van der Waals surface area contributed by atoms with Crippen LogP contribution in [-0.2, 0) is 19.1 Å². The number of thioether (sulfide) groups is 1. The van der Waals surface area contributed by atoms with Crippen molar-refractivity contribution < 1.29 is 19.1 Å². The Morgan fingerprint density at radius 3 is 1.81 bits per heavy atom. The van der Waals surface area contributed by atoms with Crippen molar-refractivity contribution in [2.24, 2.45) is 11.3 Å². The van der Waals surface area contributed by atoms with Crippen LogP contribution < -0.4 is 0 Å². The Balaban J connectivity index is 4.80. The standard InChI is InChI=1S/C16H28O4S/c1-10(2)13(20-14(19)15(3,4)5)11(17)9-12(18)21-16(6,7)8/h10,13H,9H2,1-8H3/t13-/m0/s1. The normalized spacial score (nSPS) is 14.0. The van der Waals surface area contributed by atoms with Gasteiger partial charge in [-0.3, -0.25) is 14.4 Å². The van der Waals surface area contributed by atoms with E-state index in [1.54, 1.807) is 34.6 Å². The second-order valence-electron chi connectivity index (χ2n) is 7.55. The zero-order valence-electron chi connectivity index (χ0n) is 14.4. The van der Waals surface area contributed by atoms with Crippen molar-refractivity contribution in [1.82, 2.24) is 0 Å². The number of rotatable bonds is 5. The fraction of sp³-hybridized carbons (Fsp3) is 0.812. The smallest absolute Gasteiger partial charge is 0.311 e. The molecule has 0 saturated heterocycles. The fourth-order valence-electron chi connectivity index (χ4n) is 1.49. The Morgan fingerprint density at radius 2 is 1.48 bits per heavy atom. The third-order valence-corrected chi connectivity index (χ3v) is 3.49. The average molecular weight is 316 g/mol. The molecular formula is C16H28O4S. The summed E-state index contributed by atoms with van der Waals surface area (Å²) in [5, 5.41) is -0.190. The lowest BCUT2D eigenvalue weighted by molar-refractivity contribution is -0.165. The highest BCUT2D eigenvalue weighted by Gasteiger charge is 2.33. The van der Waals surface area contributed by atoms with E-state index in [9.17, 15) is 14.4 Å². The summed E-state index contributed by atoms with van der Waals surface area (Å²) in [6, 6.07) is 0. The van der Waals surface area contributed by atoms with Gasteiger partial charge in [-0.15, -0.1) is 0 Å². The van der Waals surface area contributed by atoms with E-state index in [4.69, 9.17) is 4.74 Å². The Bertz CT molecular complexity index is 399. The molecule has 0 rings (SSSR count). The first-order valence-corrected chi connectivity index (χ1v) is 8.01. The number of carbonyl (C=O) groups is 3. The molecule has 0 N–H and O–H groups in total. The fourth-order valence-corrected chi connectivity index (χ4v) is 2.38. The van der Waals surface area contributed by atoms with Crippen LogP contribution >= 0.6 is 11.8 Å². The van der Waals surface area contributed by atoms with Gasteiger partial charge in [0.05, 0.1) is 11.8 Å². The first kappa shape index (κ1) is 20.2. The van der Waals surface area contributed by atoms with Gasteiger partial charge in [0, 0.05) is 4.75 Å². The molecule has 4 nitrogen and oxygen atoms in total. The molecule has 0 aromatic heterocycles. The zero-order chi connectivity index (χ0) is 17.0. The number of esters is 1. The van der Waals surface area contributed by atoms with Gasteiger partial charge in [-0.25, -0.2) is 0 Å². The van der Waals surface area contributed by atoms with Crippen molar-refractivity contribution in [3.63, 3.8) is 0 Å². The lowest BCUT2D eigenvalue weighted by Crippen LogP contribution is -2.37. The molecule has 21 heavy (non-hydrogen) atoms. The molecule has 122 valence electrons. The molecule has 0 fully saturated rings. The maximum Gasteiger partial charge on any atom is 0.311 e. The van der Waals surface area contributed by atoms with Gasteiger partial charge in [0.1, 0.15) is 0 Å². The van der Waals surface area contributed by atoms with Crippen LogP contribution in [0.4, 0.5) is 0 Å². The topological polar surface area (TPSA) is 60.4 Å². The number of hydrogen-bond acceptors (Lipinski definition) is 5. The van der Waals surface area contributed by atoms with Crippen molar-refractivity contribution in [2.45, 2.75) is 72.7 Å². The van der Waals surface area contributed by atoms with Crippen LogP contribution in [0.1, 0.15) is 61.8 Å². The van der Waals surface area contributed by atoms with Gasteiger partial charge in [0.15, 0.2) is 17.0 Å². The van der Waals surface area contributed by atoms with E-state index in [0.717, 1.165) is 11.8 Å². The molecular weight excluding hydrogens is 288 g/mol. The van der Waals surface area contributed by atoms with Gasteiger partial charge in [-0.05, 0) is 26.7 Å². The highest BCUT2D eigenvalue weighted by Crippen LogP contribution is 2.26. The minimum absolute atomic E-state index is 0.156.